The van der Waals surface area contributed by atoms with Gasteiger partial charge in [0, 0.05) is 6.20 Å². The molecule has 130 valence electrons. The molecule has 0 aliphatic heterocycles. The second-order valence-corrected chi connectivity index (χ2v) is 6.83. The van der Waals surface area contributed by atoms with Crippen LogP contribution in [-0.2, 0) is 16.6 Å². The molecule has 2 aromatic rings. The van der Waals surface area contributed by atoms with Crippen molar-refractivity contribution in [1.82, 2.24) is 4.98 Å². The highest BCUT2D eigenvalue weighted by molar-refractivity contribution is 7.92. The molecule has 3 N–H and O–H groups in total. The summed E-state index contributed by atoms with van der Waals surface area (Å²) in [6, 6.07) is 5.07. The lowest BCUT2D eigenvalue weighted by Crippen LogP contribution is -2.18. The Morgan fingerprint density at radius 2 is 2.04 bits per heavy atom. The Hall–Kier alpha value is -2.42. The molecule has 6 nitrogen and oxygen atoms in total. The first-order valence-electron chi connectivity index (χ1n) is 7.14. The highest BCUT2D eigenvalue weighted by Crippen LogP contribution is 2.25. The number of nitrogen functional groups attached to an aromatic ring is 1. The predicted octanol–water partition coefficient (Wildman–Crippen LogP) is 2.67. The van der Waals surface area contributed by atoms with Gasteiger partial charge in [0.25, 0.3) is 0 Å². The molecular weight excluding hydrogens is 340 g/mol. The van der Waals surface area contributed by atoms with Crippen molar-refractivity contribution in [1.29, 1.82) is 0 Å². The molecule has 0 amide bonds. The second-order valence-electron chi connectivity index (χ2n) is 4.98. The number of hydrogen-bond acceptors (Lipinski definition) is 5. The number of aromatic nitrogens is 1. The van der Waals surface area contributed by atoms with Gasteiger partial charge in [-0.3, -0.25) is 4.72 Å². The van der Waals surface area contributed by atoms with Gasteiger partial charge in [0.2, 0.25) is 10.0 Å². The molecule has 0 unspecified atom stereocenters. The molecule has 0 saturated heterocycles. The topological polar surface area (TPSA) is 94.3 Å². The van der Waals surface area contributed by atoms with Crippen molar-refractivity contribution >= 4 is 21.5 Å². The van der Waals surface area contributed by atoms with Crippen LogP contribution in [0.1, 0.15) is 18.9 Å². The fraction of sp³-hybridized carbons (Fsp3) is 0.267. The maximum absolute atomic E-state index is 14.4. The van der Waals surface area contributed by atoms with Gasteiger partial charge in [-0.1, -0.05) is 6.92 Å². The van der Waals surface area contributed by atoms with E-state index >= 15 is 0 Å². The third-order valence-electron chi connectivity index (χ3n) is 3.10. The van der Waals surface area contributed by atoms with Gasteiger partial charge in [-0.2, -0.15) is 0 Å². The molecule has 9 heteroatoms. The molecule has 0 fully saturated rings. The van der Waals surface area contributed by atoms with Crippen molar-refractivity contribution in [3.8, 4) is 5.75 Å². The van der Waals surface area contributed by atoms with Crippen LogP contribution in [0.2, 0.25) is 0 Å². The Labute approximate surface area is 138 Å². The number of ether oxygens (including phenoxy) is 1. The fourth-order valence-electron chi connectivity index (χ4n) is 1.97. The summed E-state index contributed by atoms with van der Waals surface area (Å²) in [5.74, 6) is -1.79. The van der Waals surface area contributed by atoms with E-state index in [-0.39, 0.29) is 23.0 Å². The van der Waals surface area contributed by atoms with Crippen LogP contribution in [-0.4, -0.2) is 19.2 Å². The van der Waals surface area contributed by atoms with E-state index in [4.69, 9.17) is 10.5 Å². The summed E-state index contributed by atoms with van der Waals surface area (Å²) in [4.78, 5) is 3.80. The van der Waals surface area contributed by atoms with Crippen molar-refractivity contribution in [2.24, 2.45) is 0 Å². The van der Waals surface area contributed by atoms with E-state index < -0.39 is 33.8 Å². The number of nitrogens with one attached hydrogen (secondary N) is 1. The first-order valence-corrected chi connectivity index (χ1v) is 8.80. The van der Waals surface area contributed by atoms with Crippen molar-refractivity contribution in [2.75, 3.05) is 16.2 Å². The van der Waals surface area contributed by atoms with Gasteiger partial charge in [-0.25, -0.2) is 22.2 Å². The Morgan fingerprint density at radius 1 is 1.29 bits per heavy atom. The number of nitrogens with two attached hydrogens (primary N) is 1. The number of halogens is 2. The molecule has 1 heterocycles. The van der Waals surface area contributed by atoms with Crippen molar-refractivity contribution in [2.45, 2.75) is 20.0 Å². The van der Waals surface area contributed by atoms with Crippen LogP contribution in [0.25, 0.3) is 0 Å². The van der Waals surface area contributed by atoms with E-state index in [0.29, 0.717) is 6.42 Å². The molecule has 0 bridgehead atoms. The van der Waals surface area contributed by atoms with E-state index in [1.165, 1.54) is 12.3 Å². The number of rotatable bonds is 7. The third-order valence-corrected chi connectivity index (χ3v) is 4.57. The molecular formula is C15H17F2N3O3S. The zero-order valence-corrected chi connectivity index (χ0v) is 13.7. The molecule has 0 atom stereocenters. The van der Waals surface area contributed by atoms with Crippen molar-refractivity contribution in [3.63, 3.8) is 0 Å². The maximum Gasteiger partial charge on any atom is 0.232 e. The lowest BCUT2D eigenvalue weighted by atomic mass is 10.2. The number of pyridine rings is 1. The molecule has 1 aromatic heterocycles. The minimum Gasteiger partial charge on any atom is -0.485 e. The van der Waals surface area contributed by atoms with Gasteiger partial charge in [0.05, 0.1) is 17.0 Å². The van der Waals surface area contributed by atoms with Gasteiger partial charge < -0.3 is 10.5 Å². The van der Waals surface area contributed by atoms with Gasteiger partial charge in [-0.15, -0.1) is 0 Å². The quantitative estimate of drug-likeness (QED) is 0.794. The zero-order chi connectivity index (χ0) is 17.7. The monoisotopic (exact) mass is 357 g/mol. The van der Waals surface area contributed by atoms with Crippen LogP contribution in [0, 0.1) is 11.6 Å². The number of nitrogens with zero attached hydrogens (tertiary/aromatic N) is 1. The molecule has 0 aliphatic carbocycles. The lowest BCUT2D eigenvalue weighted by molar-refractivity contribution is 0.293. The Bertz CT molecular complexity index is 829. The zero-order valence-electron chi connectivity index (χ0n) is 12.9. The summed E-state index contributed by atoms with van der Waals surface area (Å²) >= 11 is 0. The van der Waals surface area contributed by atoms with Crippen molar-refractivity contribution in [3.05, 3.63) is 47.7 Å². The van der Waals surface area contributed by atoms with Crippen LogP contribution >= 0.6 is 0 Å². The summed E-state index contributed by atoms with van der Waals surface area (Å²) < 4.78 is 59.1. The van der Waals surface area contributed by atoms with Gasteiger partial charge in [-0.05, 0) is 30.7 Å². The standard InChI is InChI=1S/C15H17F2N3O3S/c1-2-8-24(21,22)20-12-6-5-11(16)10(14(12)17)9-23-13-4-3-7-19-15(13)18/h3-7,20H,2,8-9H2,1H3,(H2,18,19). The van der Waals surface area contributed by atoms with Crippen LogP contribution in [0.4, 0.5) is 20.3 Å². The van der Waals surface area contributed by atoms with Gasteiger partial charge in [0.15, 0.2) is 17.4 Å². The van der Waals surface area contributed by atoms with E-state index in [9.17, 15) is 17.2 Å². The second kappa shape index (κ2) is 7.43. The first kappa shape index (κ1) is 17.9. The molecule has 24 heavy (non-hydrogen) atoms. The average Bonchev–Trinajstić information content (AvgIpc) is 2.51. The summed E-state index contributed by atoms with van der Waals surface area (Å²) in [5.41, 5.74) is 4.85. The molecule has 0 spiro atoms. The Kier molecular flexibility index (Phi) is 5.55. The fourth-order valence-corrected chi connectivity index (χ4v) is 3.10. The first-order chi connectivity index (χ1) is 11.3. The highest BCUT2D eigenvalue weighted by atomic mass is 32.2. The van der Waals surface area contributed by atoms with Crippen LogP contribution in [0.15, 0.2) is 30.5 Å². The number of hydrogen-bond donors (Lipinski definition) is 2. The minimum absolute atomic E-state index is 0.0816. The molecule has 0 saturated carbocycles. The molecule has 0 aliphatic rings. The predicted molar refractivity (Wildman–Crippen MR) is 87.0 cm³/mol. The van der Waals surface area contributed by atoms with E-state index in [1.54, 1.807) is 13.0 Å². The molecule has 0 radical (unpaired) electrons. The smallest absolute Gasteiger partial charge is 0.232 e. The van der Waals surface area contributed by atoms with E-state index in [1.807, 2.05) is 0 Å². The Balaban J connectivity index is 2.24. The number of sulfonamides is 1. The lowest BCUT2D eigenvalue weighted by Gasteiger charge is -2.13. The van der Waals surface area contributed by atoms with Gasteiger partial charge >= 0.3 is 0 Å². The Morgan fingerprint density at radius 3 is 2.71 bits per heavy atom. The summed E-state index contributed by atoms with van der Waals surface area (Å²) in [5, 5.41) is 0. The van der Waals surface area contributed by atoms with Crippen LogP contribution < -0.4 is 15.2 Å². The average molecular weight is 357 g/mol. The number of anilines is 2. The maximum atomic E-state index is 14.4. The summed E-state index contributed by atoms with van der Waals surface area (Å²) in [7, 11) is -3.69. The van der Waals surface area contributed by atoms with Crippen LogP contribution in [0.5, 0.6) is 5.75 Å². The van der Waals surface area contributed by atoms with E-state index in [2.05, 4.69) is 9.71 Å². The molecule has 2 rings (SSSR count). The minimum atomic E-state index is -3.69. The van der Waals surface area contributed by atoms with Crippen LogP contribution in [0.3, 0.4) is 0 Å². The van der Waals surface area contributed by atoms with Gasteiger partial charge in [0.1, 0.15) is 12.4 Å². The SMILES string of the molecule is CCCS(=O)(=O)Nc1ccc(F)c(COc2cccnc2N)c1F. The molecule has 1 aromatic carbocycles. The van der Waals surface area contributed by atoms with Crippen molar-refractivity contribution < 1.29 is 21.9 Å². The third kappa shape index (κ3) is 4.31. The number of benzene rings is 1. The summed E-state index contributed by atoms with van der Waals surface area (Å²) in [6.07, 6.45) is 1.82. The summed E-state index contributed by atoms with van der Waals surface area (Å²) in [6.45, 7) is 1.22. The highest BCUT2D eigenvalue weighted by Gasteiger charge is 2.18. The largest absolute Gasteiger partial charge is 0.485 e. The van der Waals surface area contributed by atoms with E-state index in [0.717, 1.165) is 12.1 Å². The normalized spacial score (nSPS) is 11.3.